The van der Waals surface area contributed by atoms with Crippen LogP contribution in [0.5, 0.6) is 0 Å². The summed E-state index contributed by atoms with van der Waals surface area (Å²) < 4.78 is 46.3. The number of rotatable bonds is 6. The summed E-state index contributed by atoms with van der Waals surface area (Å²) in [5.41, 5.74) is 3.36. The second-order valence-corrected chi connectivity index (χ2v) is 11.2. The summed E-state index contributed by atoms with van der Waals surface area (Å²) in [6.07, 6.45) is 1.71. The predicted molar refractivity (Wildman–Crippen MR) is 143 cm³/mol. The molecule has 0 bridgehead atoms. The lowest BCUT2D eigenvalue weighted by Gasteiger charge is -2.41. The molecule has 0 spiro atoms. The third-order valence-electron chi connectivity index (χ3n) is 6.99. The highest BCUT2D eigenvalue weighted by Gasteiger charge is 2.31. The number of nitrogens with zero attached hydrogens (tertiary/aromatic N) is 4. The first-order valence-corrected chi connectivity index (χ1v) is 13.8. The first-order chi connectivity index (χ1) is 17.7. The van der Waals surface area contributed by atoms with Gasteiger partial charge in [-0.3, -0.25) is 4.79 Å². The molecule has 1 atom stereocenters. The molecule has 1 aromatic heterocycles. The van der Waals surface area contributed by atoms with Crippen LogP contribution in [0.25, 0.3) is 0 Å². The molecular weight excluding hydrogens is 497 g/mol. The number of piperazine rings is 1. The molecule has 5 rings (SSSR count). The third-order valence-corrected chi connectivity index (χ3v) is 8.35. The van der Waals surface area contributed by atoms with Crippen molar-refractivity contribution >= 4 is 33.2 Å². The van der Waals surface area contributed by atoms with Crippen LogP contribution in [0.15, 0.2) is 57.9 Å². The zero-order chi connectivity index (χ0) is 26.2. The highest BCUT2D eigenvalue weighted by atomic mass is 32.2. The standard InChI is InChI=1S/C26H30FN5O4S.2H2/c1-18-16-25(36-28-18)29-37(34,35)23-8-6-22(7-9-23)30-12-14-31(15-13-30)26(33)19(2)32-11-3-4-20-17-21(27)5-10-24(20)32;;/h5-10,16-17,19,29H,3-4,11-15H2,1-2H3;2*1H/t19-;;/m1../s1. The highest BCUT2D eigenvalue weighted by molar-refractivity contribution is 7.92. The summed E-state index contributed by atoms with van der Waals surface area (Å²) in [7, 11) is -3.79. The topological polar surface area (TPSA) is 99.0 Å². The van der Waals surface area contributed by atoms with Crippen LogP contribution in [0.3, 0.4) is 0 Å². The molecule has 37 heavy (non-hydrogen) atoms. The van der Waals surface area contributed by atoms with E-state index < -0.39 is 10.0 Å². The molecule has 11 heteroatoms. The van der Waals surface area contributed by atoms with Crippen molar-refractivity contribution < 1.29 is 25.0 Å². The maximum absolute atomic E-state index is 13.7. The number of carbonyl (C=O) groups is 1. The summed E-state index contributed by atoms with van der Waals surface area (Å²) >= 11 is 0. The second-order valence-electron chi connectivity index (χ2n) is 9.49. The average molecular weight is 532 g/mol. The van der Waals surface area contributed by atoms with Gasteiger partial charge in [-0.25, -0.2) is 17.5 Å². The van der Waals surface area contributed by atoms with Crippen molar-refractivity contribution in [3.05, 3.63) is 65.6 Å². The van der Waals surface area contributed by atoms with E-state index in [0.717, 1.165) is 36.3 Å². The van der Waals surface area contributed by atoms with Crippen molar-refractivity contribution in [1.82, 2.24) is 10.1 Å². The van der Waals surface area contributed by atoms with Gasteiger partial charge in [-0.1, -0.05) is 5.16 Å². The van der Waals surface area contributed by atoms with Crippen molar-refractivity contribution in [2.24, 2.45) is 0 Å². The number of hydrogen-bond acceptors (Lipinski definition) is 7. The summed E-state index contributed by atoms with van der Waals surface area (Å²) in [5, 5.41) is 3.69. The Bertz CT molecular complexity index is 1400. The van der Waals surface area contributed by atoms with Crippen LogP contribution in [-0.4, -0.2) is 63.1 Å². The van der Waals surface area contributed by atoms with Gasteiger partial charge in [0, 0.05) is 53.0 Å². The summed E-state index contributed by atoms with van der Waals surface area (Å²) in [5.74, 6) is -0.119. The molecule has 2 aliphatic rings. The fourth-order valence-electron chi connectivity index (χ4n) is 5.02. The Morgan fingerprint density at radius 2 is 1.81 bits per heavy atom. The minimum Gasteiger partial charge on any atom is -0.368 e. The third kappa shape index (κ3) is 5.27. The van der Waals surface area contributed by atoms with Crippen molar-refractivity contribution in [3.8, 4) is 0 Å². The summed E-state index contributed by atoms with van der Waals surface area (Å²) in [6, 6.07) is 12.6. The quantitative estimate of drug-likeness (QED) is 0.515. The van der Waals surface area contributed by atoms with E-state index in [0.29, 0.717) is 31.9 Å². The zero-order valence-corrected chi connectivity index (χ0v) is 21.7. The van der Waals surface area contributed by atoms with Crippen molar-refractivity contribution in [2.45, 2.75) is 37.6 Å². The molecule has 2 aliphatic heterocycles. The molecule has 3 heterocycles. The fraction of sp³-hybridized carbons (Fsp3) is 0.385. The van der Waals surface area contributed by atoms with Crippen molar-refractivity contribution in [3.63, 3.8) is 0 Å². The monoisotopic (exact) mass is 531 g/mol. The van der Waals surface area contributed by atoms with Crippen LogP contribution < -0.4 is 14.5 Å². The van der Waals surface area contributed by atoms with Gasteiger partial charge in [-0.15, -0.1) is 0 Å². The summed E-state index contributed by atoms with van der Waals surface area (Å²) in [4.78, 5) is 19.5. The molecule has 9 nitrogen and oxygen atoms in total. The van der Waals surface area contributed by atoms with Gasteiger partial charge in [-0.05, 0) is 74.7 Å². The van der Waals surface area contributed by atoms with Crippen molar-refractivity contribution in [1.29, 1.82) is 0 Å². The van der Waals surface area contributed by atoms with E-state index in [2.05, 4.69) is 19.7 Å². The van der Waals surface area contributed by atoms with Crippen LogP contribution in [-0.2, 0) is 21.2 Å². The van der Waals surface area contributed by atoms with E-state index >= 15 is 0 Å². The molecule has 0 radical (unpaired) electrons. The van der Waals surface area contributed by atoms with Gasteiger partial charge in [0.15, 0.2) is 0 Å². The summed E-state index contributed by atoms with van der Waals surface area (Å²) in [6.45, 7) is 6.81. The lowest BCUT2D eigenvalue weighted by atomic mass is 9.99. The van der Waals surface area contributed by atoms with Crippen LogP contribution in [0, 0.1) is 12.7 Å². The van der Waals surface area contributed by atoms with Gasteiger partial charge >= 0.3 is 0 Å². The lowest BCUT2D eigenvalue weighted by molar-refractivity contribution is -0.132. The maximum atomic E-state index is 13.7. The first kappa shape index (κ1) is 25.1. The van der Waals surface area contributed by atoms with Gasteiger partial charge < -0.3 is 19.2 Å². The van der Waals surface area contributed by atoms with Gasteiger partial charge in [0.2, 0.25) is 11.8 Å². The number of nitrogens with one attached hydrogen (secondary N) is 1. The van der Waals surface area contributed by atoms with E-state index in [4.69, 9.17) is 4.52 Å². The number of benzene rings is 2. The van der Waals surface area contributed by atoms with Crippen LogP contribution in [0.4, 0.5) is 21.6 Å². The predicted octanol–water partition coefficient (Wildman–Crippen LogP) is 3.90. The molecule has 1 N–H and O–H groups in total. The van der Waals surface area contributed by atoms with E-state index in [1.807, 2.05) is 11.8 Å². The number of fused-ring (bicyclic) bond motifs is 1. The zero-order valence-electron chi connectivity index (χ0n) is 20.9. The number of hydrogen-bond donors (Lipinski definition) is 1. The normalized spacial score (nSPS) is 16.9. The minimum absolute atomic E-state index is 0. The molecule has 1 fully saturated rings. The molecule has 1 amide bonds. The lowest BCUT2D eigenvalue weighted by Crippen LogP contribution is -2.55. The van der Waals surface area contributed by atoms with Gasteiger partial charge in [0.1, 0.15) is 11.9 Å². The fourth-order valence-corrected chi connectivity index (χ4v) is 5.99. The SMILES string of the molecule is Cc1cc(NS(=O)(=O)c2ccc(N3CCN(C(=O)[C@@H](C)N4CCCc5cc(F)ccc54)CC3)cc2)on1.[HH].[HH]. The van der Waals surface area contributed by atoms with Gasteiger partial charge in [0.05, 0.1) is 10.6 Å². The smallest absolute Gasteiger partial charge is 0.264 e. The number of halogens is 1. The van der Waals surface area contributed by atoms with Crippen LogP contribution in [0.1, 0.15) is 27.5 Å². The molecule has 3 aromatic rings. The number of carbonyl (C=O) groups excluding carboxylic acids is 1. The Morgan fingerprint density at radius 1 is 1.08 bits per heavy atom. The van der Waals surface area contributed by atoms with Crippen LogP contribution in [0.2, 0.25) is 0 Å². The van der Waals surface area contributed by atoms with Gasteiger partial charge in [-0.2, -0.15) is 0 Å². The molecule has 0 aliphatic carbocycles. The number of aromatic nitrogens is 1. The average Bonchev–Trinajstić information content (AvgIpc) is 3.31. The highest BCUT2D eigenvalue weighted by Crippen LogP contribution is 2.30. The minimum atomic E-state index is -3.79. The molecule has 0 unspecified atom stereocenters. The molecule has 1 saturated heterocycles. The number of sulfonamides is 1. The first-order valence-electron chi connectivity index (χ1n) is 12.4. The molecular formula is C26H34FN5O4S. The Balaban J connectivity index is 0.00000210. The number of amides is 1. The maximum Gasteiger partial charge on any atom is 0.264 e. The molecule has 0 saturated carbocycles. The molecule has 2 aromatic carbocycles. The Kier molecular flexibility index (Phi) is 6.80. The second kappa shape index (κ2) is 10.0. The Labute approximate surface area is 218 Å². The van der Waals surface area contributed by atoms with E-state index in [1.165, 1.54) is 12.1 Å². The number of anilines is 3. The van der Waals surface area contributed by atoms with Gasteiger partial charge in [0.25, 0.3) is 10.0 Å². The van der Waals surface area contributed by atoms with E-state index in [-0.39, 0.29) is 31.4 Å². The molecule has 200 valence electrons. The van der Waals surface area contributed by atoms with E-state index in [9.17, 15) is 17.6 Å². The Morgan fingerprint density at radius 3 is 2.49 bits per heavy atom. The Hall–Kier alpha value is -3.60. The largest absolute Gasteiger partial charge is 0.368 e. The van der Waals surface area contributed by atoms with Crippen LogP contribution >= 0.6 is 0 Å². The van der Waals surface area contributed by atoms with E-state index in [1.54, 1.807) is 43.3 Å². The van der Waals surface area contributed by atoms with Crippen molar-refractivity contribution in [2.75, 3.05) is 47.2 Å². The number of aryl methyl sites for hydroxylation is 2.